The van der Waals surface area contributed by atoms with E-state index in [-0.39, 0.29) is 5.75 Å². The van der Waals surface area contributed by atoms with Crippen molar-refractivity contribution >= 4 is 11.6 Å². The van der Waals surface area contributed by atoms with Gasteiger partial charge in [-0.25, -0.2) is 9.97 Å². The highest BCUT2D eigenvalue weighted by atomic mass is 16.3. The maximum atomic E-state index is 10.6. The molecule has 0 amide bonds. The molecule has 1 fully saturated rings. The van der Waals surface area contributed by atoms with Crippen molar-refractivity contribution in [1.82, 2.24) is 40.3 Å². The molecule has 1 unspecified atom stereocenters. The molecule has 5 rings (SSSR count). The first-order chi connectivity index (χ1) is 15.0. The van der Waals surface area contributed by atoms with E-state index in [9.17, 15) is 5.11 Å². The first-order valence-corrected chi connectivity index (χ1v) is 10.2. The molecule has 4 heterocycles. The zero-order valence-electron chi connectivity index (χ0n) is 17.6. The number of anilines is 1. The van der Waals surface area contributed by atoms with E-state index in [0.29, 0.717) is 46.5 Å². The van der Waals surface area contributed by atoms with Gasteiger partial charge < -0.3 is 15.3 Å². The van der Waals surface area contributed by atoms with E-state index >= 15 is 0 Å². The lowest BCUT2D eigenvalue weighted by molar-refractivity contribution is 0.402. The standard InChI is InChI=1S/C21H23N9O/c1-12-10-29(11-13(2)23-12)21-22-9-18(25-26-21)16-5-4-15(8-19(16)31)17-6-7-20-24-14(3)27-30(20)28-17/h4-9,12-13,23,31H,10-11H2,1-3H3/t12-,13?/m1/s1. The maximum Gasteiger partial charge on any atom is 0.245 e. The lowest BCUT2D eigenvalue weighted by Crippen LogP contribution is -2.54. The van der Waals surface area contributed by atoms with E-state index in [1.54, 1.807) is 18.3 Å². The normalized spacial score (nSPS) is 19.1. The summed E-state index contributed by atoms with van der Waals surface area (Å²) in [5.41, 5.74) is 3.20. The molecule has 1 aromatic carbocycles. The molecule has 0 aliphatic carbocycles. The molecule has 1 aliphatic heterocycles. The Kier molecular flexibility index (Phi) is 4.70. The number of piperazine rings is 1. The van der Waals surface area contributed by atoms with Crippen LogP contribution in [0.3, 0.4) is 0 Å². The van der Waals surface area contributed by atoms with Gasteiger partial charge in [-0.05, 0) is 45.0 Å². The van der Waals surface area contributed by atoms with Gasteiger partial charge in [0.05, 0.1) is 11.9 Å². The first kappa shape index (κ1) is 19.3. The fraction of sp³-hybridized carbons (Fsp3) is 0.333. The van der Waals surface area contributed by atoms with Crippen molar-refractivity contribution in [2.24, 2.45) is 0 Å². The molecule has 1 saturated heterocycles. The summed E-state index contributed by atoms with van der Waals surface area (Å²) in [6.45, 7) is 7.75. The molecule has 0 spiro atoms. The molecule has 0 saturated carbocycles. The van der Waals surface area contributed by atoms with Crippen molar-refractivity contribution in [1.29, 1.82) is 0 Å². The van der Waals surface area contributed by atoms with Gasteiger partial charge >= 0.3 is 0 Å². The molecule has 1 aliphatic rings. The Bertz CT molecular complexity index is 1230. The monoisotopic (exact) mass is 417 g/mol. The number of phenols is 1. The van der Waals surface area contributed by atoms with Crippen LogP contribution < -0.4 is 10.2 Å². The Morgan fingerprint density at radius 2 is 1.81 bits per heavy atom. The topological polar surface area (TPSA) is 117 Å². The van der Waals surface area contributed by atoms with Crippen LogP contribution in [0.25, 0.3) is 28.2 Å². The summed E-state index contributed by atoms with van der Waals surface area (Å²) in [7, 11) is 0. The average Bonchev–Trinajstić information content (AvgIpc) is 3.12. The van der Waals surface area contributed by atoms with E-state index in [1.807, 2.05) is 25.1 Å². The zero-order chi connectivity index (χ0) is 21.5. The van der Waals surface area contributed by atoms with Crippen LogP contribution in [0.1, 0.15) is 19.7 Å². The van der Waals surface area contributed by atoms with Gasteiger partial charge in [0.25, 0.3) is 0 Å². The Hall–Kier alpha value is -3.66. The number of aromatic hydroxyl groups is 1. The number of phenolic OH excluding ortho intramolecular Hbond substituents is 1. The van der Waals surface area contributed by atoms with Gasteiger partial charge in [0, 0.05) is 36.3 Å². The minimum Gasteiger partial charge on any atom is -0.507 e. The lowest BCUT2D eigenvalue weighted by Gasteiger charge is -2.35. The number of rotatable bonds is 3. The number of benzene rings is 1. The van der Waals surface area contributed by atoms with Crippen LogP contribution in [-0.2, 0) is 0 Å². The molecule has 0 radical (unpaired) electrons. The van der Waals surface area contributed by atoms with Gasteiger partial charge in [0.1, 0.15) is 17.3 Å². The molecule has 10 nitrogen and oxygen atoms in total. The Labute approximate surface area is 179 Å². The summed E-state index contributed by atoms with van der Waals surface area (Å²) in [6.07, 6.45) is 1.65. The van der Waals surface area contributed by atoms with Crippen LogP contribution >= 0.6 is 0 Å². The number of nitrogens with one attached hydrogen (secondary N) is 1. The van der Waals surface area contributed by atoms with Gasteiger partial charge in [-0.15, -0.1) is 25.0 Å². The van der Waals surface area contributed by atoms with Crippen molar-refractivity contribution in [3.8, 4) is 28.3 Å². The van der Waals surface area contributed by atoms with Gasteiger partial charge in [-0.1, -0.05) is 6.07 Å². The number of nitrogens with zero attached hydrogens (tertiary/aromatic N) is 8. The second-order valence-corrected chi connectivity index (χ2v) is 7.97. The summed E-state index contributed by atoms with van der Waals surface area (Å²) < 4.78 is 1.49. The van der Waals surface area contributed by atoms with Crippen LogP contribution in [0.2, 0.25) is 0 Å². The Balaban J connectivity index is 1.40. The first-order valence-electron chi connectivity index (χ1n) is 10.2. The minimum absolute atomic E-state index is 0.0856. The van der Waals surface area contributed by atoms with Gasteiger partial charge in [-0.3, -0.25) is 0 Å². The van der Waals surface area contributed by atoms with E-state index < -0.39 is 0 Å². The largest absolute Gasteiger partial charge is 0.507 e. The summed E-state index contributed by atoms with van der Waals surface area (Å²) in [5, 5.41) is 31.4. The van der Waals surface area contributed by atoms with Crippen LogP contribution in [0.15, 0.2) is 36.5 Å². The summed E-state index contributed by atoms with van der Waals surface area (Å²) in [6, 6.07) is 9.74. The third-order valence-electron chi connectivity index (χ3n) is 5.27. The fourth-order valence-electron chi connectivity index (χ4n) is 3.98. The molecule has 158 valence electrons. The molecular weight excluding hydrogens is 394 g/mol. The summed E-state index contributed by atoms with van der Waals surface area (Å²) in [5.74, 6) is 1.34. The second-order valence-electron chi connectivity index (χ2n) is 7.97. The van der Waals surface area contributed by atoms with Gasteiger partial charge in [-0.2, -0.15) is 0 Å². The highest BCUT2D eigenvalue weighted by Gasteiger charge is 2.23. The molecule has 3 aromatic heterocycles. The van der Waals surface area contributed by atoms with Gasteiger partial charge in [0.15, 0.2) is 5.65 Å². The minimum atomic E-state index is 0.0856. The number of aryl methyl sites for hydroxylation is 1. The smallest absolute Gasteiger partial charge is 0.245 e. The summed E-state index contributed by atoms with van der Waals surface area (Å²) in [4.78, 5) is 10.9. The molecule has 31 heavy (non-hydrogen) atoms. The van der Waals surface area contributed by atoms with Crippen LogP contribution in [0, 0.1) is 6.92 Å². The van der Waals surface area contributed by atoms with Crippen LogP contribution in [0.5, 0.6) is 5.75 Å². The van der Waals surface area contributed by atoms with E-state index in [0.717, 1.165) is 18.7 Å². The summed E-state index contributed by atoms with van der Waals surface area (Å²) >= 11 is 0. The number of aromatic nitrogens is 7. The van der Waals surface area contributed by atoms with E-state index in [1.165, 1.54) is 4.63 Å². The predicted molar refractivity (Wildman–Crippen MR) is 116 cm³/mol. The molecule has 0 bridgehead atoms. The third kappa shape index (κ3) is 3.77. The molecule has 2 N–H and O–H groups in total. The van der Waals surface area contributed by atoms with Crippen molar-refractivity contribution in [2.75, 3.05) is 18.0 Å². The van der Waals surface area contributed by atoms with Crippen molar-refractivity contribution in [3.05, 3.63) is 42.4 Å². The quantitative estimate of drug-likeness (QED) is 0.515. The highest BCUT2D eigenvalue weighted by Crippen LogP contribution is 2.31. The third-order valence-corrected chi connectivity index (χ3v) is 5.27. The van der Waals surface area contributed by atoms with Crippen molar-refractivity contribution in [3.63, 3.8) is 0 Å². The SMILES string of the molecule is Cc1nc2ccc(-c3ccc(-c4cnc(N5CC(C)N[C@H](C)C5)nn4)c(O)c3)nn2n1. The number of fused-ring (bicyclic) bond motifs is 1. The fourth-order valence-corrected chi connectivity index (χ4v) is 3.98. The van der Waals surface area contributed by atoms with Crippen molar-refractivity contribution < 1.29 is 5.11 Å². The average molecular weight is 417 g/mol. The maximum absolute atomic E-state index is 10.6. The molecule has 10 heteroatoms. The van der Waals surface area contributed by atoms with Crippen molar-refractivity contribution in [2.45, 2.75) is 32.9 Å². The second kappa shape index (κ2) is 7.55. The molecule has 4 aromatic rings. The van der Waals surface area contributed by atoms with Crippen LogP contribution in [-0.4, -0.2) is 65.3 Å². The predicted octanol–water partition coefficient (Wildman–Crippen LogP) is 1.84. The van der Waals surface area contributed by atoms with Crippen LogP contribution in [0.4, 0.5) is 5.95 Å². The number of hydrogen-bond acceptors (Lipinski definition) is 9. The molecule has 2 atom stereocenters. The molecular formula is C21H23N9O. The highest BCUT2D eigenvalue weighted by molar-refractivity contribution is 5.72. The zero-order valence-corrected chi connectivity index (χ0v) is 17.6. The van der Waals surface area contributed by atoms with E-state index in [2.05, 4.69) is 54.4 Å². The Morgan fingerprint density at radius 1 is 1.00 bits per heavy atom. The lowest BCUT2D eigenvalue weighted by atomic mass is 10.1. The number of hydrogen-bond donors (Lipinski definition) is 2. The Morgan fingerprint density at radius 3 is 2.52 bits per heavy atom. The van der Waals surface area contributed by atoms with E-state index in [4.69, 9.17) is 0 Å². The van der Waals surface area contributed by atoms with Gasteiger partial charge in [0.2, 0.25) is 5.95 Å².